The van der Waals surface area contributed by atoms with Crippen molar-refractivity contribution in [3.05, 3.63) is 46.3 Å². The summed E-state index contributed by atoms with van der Waals surface area (Å²) in [4.78, 5) is 34.6. The summed E-state index contributed by atoms with van der Waals surface area (Å²) in [5, 5.41) is 23.7. The molecule has 0 atom stereocenters. The van der Waals surface area contributed by atoms with Gasteiger partial charge in [0, 0.05) is 18.8 Å². The number of aromatic carboxylic acids is 1. The van der Waals surface area contributed by atoms with Gasteiger partial charge in [-0.2, -0.15) is 0 Å². The molecule has 1 aliphatic rings. The fraction of sp³-hybridized carbons (Fsp3) is 0.389. The first-order valence-electron chi connectivity index (χ1n) is 8.88. The summed E-state index contributed by atoms with van der Waals surface area (Å²) < 4.78 is 0. The van der Waals surface area contributed by atoms with Crippen LogP contribution in [0.1, 0.15) is 23.2 Å². The quantitative estimate of drug-likeness (QED) is 0.568. The van der Waals surface area contributed by atoms with Crippen molar-refractivity contribution < 1.29 is 14.8 Å². The zero-order valence-electron chi connectivity index (χ0n) is 15.7. The van der Waals surface area contributed by atoms with Crippen molar-refractivity contribution in [2.45, 2.75) is 18.9 Å². The molecule has 10 heteroatoms. The summed E-state index contributed by atoms with van der Waals surface area (Å²) >= 11 is 0. The highest BCUT2D eigenvalue weighted by atomic mass is 16.6. The maximum Gasteiger partial charge on any atom is 0.353 e. The molecule has 1 fully saturated rings. The first kappa shape index (κ1) is 19.5. The van der Waals surface area contributed by atoms with Gasteiger partial charge in [0.15, 0.2) is 0 Å². The molecule has 1 aliphatic heterocycles. The largest absolute Gasteiger partial charge is 0.478 e. The number of hydrogen-bond acceptors (Lipinski definition) is 8. The van der Waals surface area contributed by atoms with Crippen LogP contribution >= 0.6 is 0 Å². The number of nitrogens with zero attached hydrogens (tertiary/aromatic N) is 5. The number of nitrogens with one attached hydrogen (secondary N) is 1. The summed E-state index contributed by atoms with van der Waals surface area (Å²) in [6.45, 7) is 1.85. The van der Waals surface area contributed by atoms with Gasteiger partial charge in [-0.15, -0.1) is 0 Å². The van der Waals surface area contributed by atoms with E-state index in [-0.39, 0.29) is 28.9 Å². The second-order valence-corrected chi connectivity index (χ2v) is 6.80. The number of carboxylic acids is 1. The number of nitro groups is 1. The monoisotopic (exact) mass is 386 g/mol. The van der Waals surface area contributed by atoms with Gasteiger partial charge in [-0.05, 0) is 57.2 Å². The molecule has 148 valence electrons. The average molecular weight is 386 g/mol. The van der Waals surface area contributed by atoms with E-state index in [2.05, 4.69) is 27.2 Å². The predicted octanol–water partition coefficient (Wildman–Crippen LogP) is 2.36. The van der Waals surface area contributed by atoms with Gasteiger partial charge in [0.1, 0.15) is 6.33 Å². The topological polar surface area (TPSA) is 125 Å². The molecule has 28 heavy (non-hydrogen) atoms. The average Bonchev–Trinajstić information content (AvgIpc) is 2.68. The molecule has 10 nitrogen and oxygen atoms in total. The summed E-state index contributed by atoms with van der Waals surface area (Å²) in [6.07, 6.45) is 3.09. The molecule has 2 N–H and O–H groups in total. The Balaban J connectivity index is 1.89. The Morgan fingerprint density at radius 2 is 1.93 bits per heavy atom. The van der Waals surface area contributed by atoms with Crippen LogP contribution in [0.15, 0.2) is 30.6 Å². The Kier molecular flexibility index (Phi) is 5.69. The van der Waals surface area contributed by atoms with Crippen molar-refractivity contribution in [3.8, 4) is 0 Å². The zero-order chi connectivity index (χ0) is 20.3. The van der Waals surface area contributed by atoms with Gasteiger partial charge in [-0.25, -0.2) is 14.8 Å². The van der Waals surface area contributed by atoms with Crippen molar-refractivity contribution in [2.75, 3.05) is 37.4 Å². The molecule has 1 aromatic carbocycles. The van der Waals surface area contributed by atoms with Crippen LogP contribution in [0.4, 0.5) is 23.0 Å². The maximum atomic E-state index is 11.8. The normalized spacial score (nSPS) is 15.2. The highest BCUT2D eigenvalue weighted by molar-refractivity contribution is 5.88. The number of aromatic nitrogens is 2. The van der Waals surface area contributed by atoms with Crippen LogP contribution < -0.4 is 10.2 Å². The number of likely N-dealkylation sites (tertiary alicyclic amines) is 1. The predicted molar refractivity (Wildman–Crippen MR) is 104 cm³/mol. The van der Waals surface area contributed by atoms with Crippen LogP contribution in [-0.4, -0.2) is 64.1 Å². The first-order valence-corrected chi connectivity index (χ1v) is 8.88. The van der Waals surface area contributed by atoms with Crippen LogP contribution in [0, 0.1) is 10.1 Å². The van der Waals surface area contributed by atoms with Crippen molar-refractivity contribution in [3.63, 3.8) is 0 Å². The second-order valence-electron chi connectivity index (χ2n) is 6.80. The smallest absolute Gasteiger partial charge is 0.353 e. The lowest BCUT2D eigenvalue weighted by Gasteiger charge is -2.35. The zero-order valence-corrected chi connectivity index (χ0v) is 15.7. The number of benzene rings is 1. The number of rotatable bonds is 6. The number of piperidine rings is 1. The molecule has 0 aliphatic carbocycles. The molecule has 2 aromatic rings. The minimum atomic E-state index is -1.04. The molecule has 1 saturated heterocycles. The van der Waals surface area contributed by atoms with Gasteiger partial charge in [0.05, 0.1) is 10.5 Å². The van der Waals surface area contributed by atoms with E-state index in [0.717, 1.165) is 25.9 Å². The van der Waals surface area contributed by atoms with Crippen molar-refractivity contribution >= 4 is 29.0 Å². The molecule has 0 bridgehead atoms. The van der Waals surface area contributed by atoms with Crippen molar-refractivity contribution in [2.24, 2.45) is 0 Å². The van der Waals surface area contributed by atoms with Gasteiger partial charge >= 0.3 is 11.7 Å². The van der Waals surface area contributed by atoms with Crippen LogP contribution in [0.2, 0.25) is 0 Å². The van der Waals surface area contributed by atoms with Crippen LogP contribution in [-0.2, 0) is 0 Å². The first-order chi connectivity index (χ1) is 13.4. The third-order valence-electron chi connectivity index (χ3n) is 4.95. The van der Waals surface area contributed by atoms with Crippen LogP contribution in [0.25, 0.3) is 0 Å². The maximum absolute atomic E-state index is 11.8. The molecule has 0 radical (unpaired) electrons. The summed E-state index contributed by atoms with van der Waals surface area (Å²) in [6, 6.07) is 6.07. The highest BCUT2D eigenvalue weighted by Gasteiger charge is 2.30. The fourth-order valence-corrected chi connectivity index (χ4v) is 3.28. The molecular formula is C18H22N6O4. The molecule has 0 saturated carbocycles. The van der Waals surface area contributed by atoms with Gasteiger partial charge in [0.25, 0.3) is 0 Å². The third-order valence-corrected chi connectivity index (χ3v) is 4.95. The third kappa shape index (κ3) is 4.17. The molecule has 0 amide bonds. The Hall–Kier alpha value is -3.27. The molecule has 0 unspecified atom stereocenters. The molecule has 3 rings (SSSR count). The van der Waals surface area contributed by atoms with Crippen LogP contribution in [0.3, 0.4) is 0 Å². The lowest BCUT2D eigenvalue weighted by Crippen LogP contribution is -2.42. The molecule has 0 spiro atoms. The van der Waals surface area contributed by atoms with Crippen molar-refractivity contribution in [1.29, 1.82) is 0 Å². The molecule has 2 heterocycles. The molecule has 1 aromatic heterocycles. The van der Waals surface area contributed by atoms with Gasteiger partial charge in [-0.1, -0.05) is 0 Å². The van der Waals surface area contributed by atoms with E-state index in [1.165, 1.54) is 30.6 Å². The van der Waals surface area contributed by atoms with Crippen LogP contribution in [0.5, 0.6) is 0 Å². The number of anilines is 3. The number of hydrogen-bond donors (Lipinski definition) is 2. The molecular weight excluding hydrogens is 364 g/mol. The SMILES string of the molecule is CN1CCC(N(C)c2ncnc(Nc3ccc(C(=O)O)cc3)c2[N+](=O)[O-])CC1. The highest BCUT2D eigenvalue weighted by Crippen LogP contribution is 2.35. The Morgan fingerprint density at radius 3 is 2.50 bits per heavy atom. The fourth-order valence-electron chi connectivity index (χ4n) is 3.28. The summed E-state index contributed by atoms with van der Waals surface area (Å²) in [7, 11) is 3.87. The lowest BCUT2D eigenvalue weighted by molar-refractivity contribution is -0.383. The summed E-state index contributed by atoms with van der Waals surface area (Å²) in [5.74, 6) is -0.710. The minimum Gasteiger partial charge on any atom is -0.478 e. The van der Waals surface area contributed by atoms with E-state index in [0.29, 0.717) is 5.69 Å². The second kappa shape index (κ2) is 8.17. The van der Waals surface area contributed by atoms with E-state index in [9.17, 15) is 14.9 Å². The van der Waals surface area contributed by atoms with E-state index in [1.54, 1.807) is 0 Å². The Labute approximate surface area is 162 Å². The van der Waals surface area contributed by atoms with Gasteiger partial charge in [-0.3, -0.25) is 10.1 Å². The number of carbonyl (C=O) groups is 1. The Bertz CT molecular complexity index is 865. The standard InChI is InChI=1S/C18H22N6O4/c1-22-9-7-14(8-10-22)23(2)17-15(24(27)28)16(19-11-20-17)21-13-5-3-12(4-6-13)18(25)26/h3-6,11,14H,7-10H2,1-2H3,(H,25,26)(H,19,20,21). The van der Waals surface area contributed by atoms with Gasteiger partial charge in [0.2, 0.25) is 11.6 Å². The minimum absolute atomic E-state index is 0.0675. The number of carboxylic acid groups (broad SMARTS) is 1. The Morgan fingerprint density at radius 1 is 1.29 bits per heavy atom. The van der Waals surface area contributed by atoms with Crippen molar-refractivity contribution in [1.82, 2.24) is 14.9 Å². The van der Waals surface area contributed by atoms with E-state index in [4.69, 9.17) is 5.11 Å². The summed E-state index contributed by atoms with van der Waals surface area (Å²) in [5.41, 5.74) is 0.427. The van der Waals surface area contributed by atoms with Gasteiger partial charge < -0.3 is 20.2 Å². The van der Waals surface area contributed by atoms with E-state index >= 15 is 0 Å². The van der Waals surface area contributed by atoms with E-state index in [1.807, 2.05) is 11.9 Å². The lowest BCUT2D eigenvalue weighted by atomic mass is 10.0. The van der Waals surface area contributed by atoms with E-state index < -0.39 is 10.9 Å².